The molecule has 30 heavy (non-hydrogen) atoms. The Labute approximate surface area is 177 Å². The summed E-state index contributed by atoms with van der Waals surface area (Å²) in [6.45, 7) is 4.15. The number of aryl methyl sites for hydroxylation is 2. The van der Waals surface area contributed by atoms with E-state index >= 15 is 0 Å². The second-order valence-electron chi connectivity index (χ2n) is 7.94. The van der Waals surface area contributed by atoms with Gasteiger partial charge in [-0.3, -0.25) is 4.79 Å². The Kier molecular flexibility index (Phi) is 5.40. The van der Waals surface area contributed by atoms with Gasteiger partial charge in [0.05, 0.1) is 19.2 Å². The third-order valence-corrected chi connectivity index (χ3v) is 5.93. The van der Waals surface area contributed by atoms with Gasteiger partial charge in [-0.2, -0.15) is 5.10 Å². The van der Waals surface area contributed by atoms with Gasteiger partial charge in [-0.05, 0) is 43.5 Å². The number of hydrogen-bond donors (Lipinski definition) is 1. The maximum Gasteiger partial charge on any atom is 0.244 e. The Morgan fingerprint density at radius 2 is 1.53 bits per heavy atom. The van der Waals surface area contributed by atoms with E-state index in [9.17, 15) is 4.79 Å². The molecule has 152 valence electrons. The fraction of sp³-hybridized carbons (Fsp3) is 0.231. The maximum absolute atomic E-state index is 13.0. The van der Waals surface area contributed by atoms with Gasteiger partial charge in [0.1, 0.15) is 5.75 Å². The molecule has 1 atom stereocenters. The monoisotopic (exact) mass is 398 g/mol. The van der Waals surface area contributed by atoms with Crippen LogP contribution in [0.1, 0.15) is 34.2 Å². The van der Waals surface area contributed by atoms with Crippen LogP contribution in [0, 0.1) is 19.8 Å². The van der Waals surface area contributed by atoms with Crippen LogP contribution < -0.4 is 10.2 Å². The van der Waals surface area contributed by atoms with Crippen molar-refractivity contribution in [3.8, 4) is 5.75 Å². The van der Waals surface area contributed by atoms with E-state index in [0.29, 0.717) is 0 Å². The van der Waals surface area contributed by atoms with Gasteiger partial charge in [0.25, 0.3) is 0 Å². The Morgan fingerprint density at radius 3 is 2.10 bits per heavy atom. The van der Waals surface area contributed by atoms with Crippen molar-refractivity contribution in [3.63, 3.8) is 0 Å². The summed E-state index contributed by atoms with van der Waals surface area (Å²) in [5.74, 6) is 0.496. The number of para-hydroxylation sites is 1. The van der Waals surface area contributed by atoms with Crippen molar-refractivity contribution in [2.75, 3.05) is 7.11 Å². The smallest absolute Gasteiger partial charge is 0.244 e. The molecule has 0 radical (unpaired) electrons. The molecule has 0 aromatic heterocycles. The summed E-state index contributed by atoms with van der Waals surface area (Å²) in [5.41, 5.74) is 8.02. The largest absolute Gasteiger partial charge is 0.496 e. The number of hydrazone groups is 1. The zero-order valence-electron chi connectivity index (χ0n) is 17.6. The molecule has 3 aromatic rings. The van der Waals surface area contributed by atoms with Crippen LogP contribution in [0.3, 0.4) is 0 Å². The first-order valence-electron chi connectivity index (χ1n) is 10.1. The highest BCUT2D eigenvalue weighted by Crippen LogP contribution is 2.59. The van der Waals surface area contributed by atoms with E-state index in [0.717, 1.165) is 17.7 Å². The summed E-state index contributed by atoms with van der Waals surface area (Å²) >= 11 is 0. The number of carbonyl (C=O) groups is 1. The van der Waals surface area contributed by atoms with Gasteiger partial charge < -0.3 is 4.74 Å². The lowest BCUT2D eigenvalue weighted by Crippen LogP contribution is -2.25. The van der Waals surface area contributed by atoms with E-state index in [4.69, 9.17) is 4.74 Å². The average Bonchev–Trinajstić information content (AvgIpc) is 3.52. The van der Waals surface area contributed by atoms with E-state index in [1.54, 1.807) is 13.3 Å². The van der Waals surface area contributed by atoms with Crippen LogP contribution in [0.2, 0.25) is 0 Å². The molecule has 1 aliphatic rings. The van der Waals surface area contributed by atoms with Gasteiger partial charge in [0, 0.05) is 11.0 Å². The first kappa shape index (κ1) is 19.9. The van der Waals surface area contributed by atoms with Gasteiger partial charge in [0.15, 0.2) is 0 Å². The highest BCUT2D eigenvalue weighted by Gasteiger charge is 2.60. The highest BCUT2D eigenvalue weighted by molar-refractivity contribution is 5.88. The van der Waals surface area contributed by atoms with Crippen LogP contribution in [-0.2, 0) is 10.2 Å². The van der Waals surface area contributed by atoms with Crippen LogP contribution in [0.25, 0.3) is 0 Å². The third-order valence-electron chi connectivity index (χ3n) is 5.93. The van der Waals surface area contributed by atoms with Crippen LogP contribution in [-0.4, -0.2) is 19.2 Å². The Bertz CT molecular complexity index is 1020. The van der Waals surface area contributed by atoms with Crippen molar-refractivity contribution >= 4 is 12.1 Å². The van der Waals surface area contributed by atoms with Crippen molar-refractivity contribution in [3.05, 3.63) is 101 Å². The van der Waals surface area contributed by atoms with Crippen LogP contribution in [0.15, 0.2) is 77.9 Å². The molecule has 1 aliphatic carbocycles. The van der Waals surface area contributed by atoms with E-state index < -0.39 is 0 Å². The second-order valence-corrected chi connectivity index (χ2v) is 7.94. The Hall–Kier alpha value is -3.40. The van der Waals surface area contributed by atoms with Gasteiger partial charge in [-0.1, -0.05) is 71.8 Å². The predicted octanol–water partition coefficient (Wildman–Crippen LogP) is 4.77. The minimum atomic E-state index is -0.300. The quantitative estimate of drug-likeness (QED) is 0.480. The van der Waals surface area contributed by atoms with Crippen molar-refractivity contribution in [2.24, 2.45) is 11.0 Å². The molecule has 0 bridgehead atoms. The molecule has 0 spiro atoms. The Balaban J connectivity index is 1.57. The molecular formula is C26H26N2O2. The summed E-state index contributed by atoms with van der Waals surface area (Å²) in [4.78, 5) is 13.0. The number of carbonyl (C=O) groups excluding carboxylic acids is 1. The zero-order chi connectivity index (χ0) is 21.1. The molecule has 0 heterocycles. The summed E-state index contributed by atoms with van der Waals surface area (Å²) in [6.07, 6.45) is 2.40. The molecule has 0 aliphatic heterocycles. The summed E-state index contributed by atoms with van der Waals surface area (Å²) < 4.78 is 5.33. The molecule has 1 N–H and O–H groups in total. The van der Waals surface area contributed by atoms with E-state index in [-0.39, 0.29) is 17.2 Å². The summed E-state index contributed by atoms with van der Waals surface area (Å²) in [7, 11) is 1.62. The van der Waals surface area contributed by atoms with Gasteiger partial charge >= 0.3 is 0 Å². The number of hydrogen-bond acceptors (Lipinski definition) is 3. The van der Waals surface area contributed by atoms with E-state index in [1.165, 1.54) is 22.3 Å². The first-order chi connectivity index (χ1) is 14.5. The lowest BCUT2D eigenvalue weighted by atomic mass is 9.85. The molecule has 1 fully saturated rings. The molecule has 1 saturated carbocycles. The van der Waals surface area contributed by atoms with Crippen molar-refractivity contribution in [1.29, 1.82) is 0 Å². The van der Waals surface area contributed by atoms with Crippen LogP contribution in [0.4, 0.5) is 0 Å². The molecule has 3 aromatic carbocycles. The van der Waals surface area contributed by atoms with Gasteiger partial charge in [-0.15, -0.1) is 0 Å². The standard InChI is InChI=1S/C26H26N2O2/c1-18-8-12-21(13-9-18)26(22-14-10-19(2)11-15-22)16-23(26)25(29)28-27-17-20-6-4-5-7-24(20)30-3/h4-15,17,23H,16H2,1-3H3,(H,28,29)/b27-17+. The lowest BCUT2D eigenvalue weighted by molar-refractivity contribution is -0.122. The van der Waals surface area contributed by atoms with Gasteiger partial charge in [0.2, 0.25) is 5.91 Å². The SMILES string of the molecule is COc1ccccc1/C=N/NC(=O)C1CC1(c1ccc(C)cc1)c1ccc(C)cc1. The van der Waals surface area contributed by atoms with Crippen molar-refractivity contribution in [2.45, 2.75) is 25.7 Å². The number of benzene rings is 3. The van der Waals surface area contributed by atoms with Gasteiger partial charge in [-0.25, -0.2) is 5.43 Å². The second kappa shape index (κ2) is 8.15. The van der Waals surface area contributed by atoms with Crippen molar-refractivity contribution in [1.82, 2.24) is 5.43 Å². The normalized spacial score (nSPS) is 17.0. The fourth-order valence-electron chi connectivity index (χ4n) is 4.10. The number of rotatable bonds is 6. The molecule has 4 rings (SSSR count). The topological polar surface area (TPSA) is 50.7 Å². The van der Waals surface area contributed by atoms with Crippen LogP contribution in [0.5, 0.6) is 5.75 Å². The van der Waals surface area contributed by atoms with Crippen molar-refractivity contribution < 1.29 is 9.53 Å². The highest BCUT2D eigenvalue weighted by atomic mass is 16.5. The summed E-state index contributed by atoms with van der Waals surface area (Å²) in [5, 5.41) is 4.19. The van der Waals surface area contributed by atoms with E-state index in [1.807, 2.05) is 24.3 Å². The molecule has 0 saturated heterocycles. The van der Waals surface area contributed by atoms with Crippen LogP contribution >= 0.6 is 0 Å². The molecule has 1 unspecified atom stereocenters. The minimum Gasteiger partial charge on any atom is -0.496 e. The van der Waals surface area contributed by atoms with E-state index in [2.05, 4.69) is 72.9 Å². The average molecular weight is 399 g/mol. The molecule has 4 heteroatoms. The lowest BCUT2D eigenvalue weighted by Gasteiger charge is -2.19. The minimum absolute atomic E-state index is 0.0673. The number of amides is 1. The fourth-order valence-corrected chi connectivity index (χ4v) is 4.10. The number of nitrogens with zero attached hydrogens (tertiary/aromatic N) is 1. The molecular weight excluding hydrogens is 372 g/mol. The molecule has 4 nitrogen and oxygen atoms in total. The maximum atomic E-state index is 13.0. The number of ether oxygens (including phenoxy) is 1. The molecule has 1 amide bonds. The number of methoxy groups -OCH3 is 1. The Morgan fingerprint density at radius 1 is 0.967 bits per heavy atom. The third kappa shape index (κ3) is 3.73. The predicted molar refractivity (Wildman–Crippen MR) is 120 cm³/mol. The first-order valence-corrected chi connectivity index (χ1v) is 10.1. The summed E-state index contributed by atoms with van der Waals surface area (Å²) in [6, 6.07) is 24.6. The number of nitrogens with one attached hydrogen (secondary N) is 1. The zero-order valence-corrected chi connectivity index (χ0v) is 17.6.